The molecule has 1 N–H and O–H groups in total. The van der Waals surface area contributed by atoms with E-state index in [2.05, 4.69) is 39.8 Å². The standard InChI is InChI=1S/C28H27N5O3/c1-18-12-30-28(36-18)22-9-21-6-5-20(23-13-31-33(17-23)24-14-29-15-24)10-26(21)32(27(34)11-22)16-19-3-7-25(35-2)8-4-19/h3-10,12-13,17,24,29H,11,14-16H2,1-2H3. The van der Waals surface area contributed by atoms with Gasteiger partial charge >= 0.3 is 0 Å². The lowest BCUT2D eigenvalue weighted by Gasteiger charge is -2.27. The first-order chi connectivity index (χ1) is 17.6. The van der Waals surface area contributed by atoms with E-state index in [4.69, 9.17) is 9.15 Å². The van der Waals surface area contributed by atoms with Crippen LogP contribution in [0.5, 0.6) is 5.75 Å². The fraction of sp³-hybridized carbons (Fsp3) is 0.250. The van der Waals surface area contributed by atoms with E-state index in [0.717, 1.165) is 52.4 Å². The molecule has 4 heterocycles. The topological polar surface area (TPSA) is 85.4 Å². The van der Waals surface area contributed by atoms with E-state index >= 15 is 0 Å². The lowest BCUT2D eigenvalue weighted by molar-refractivity contribution is -0.117. The van der Waals surface area contributed by atoms with Crippen LogP contribution in [0.25, 0.3) is 22.8 Å². The molecular formula is C28H27N5O3. The van der Waals surface area contributed by atoms with Gasteiger partial charge in [0.2, 0.25) is 11.8 Å². The Morgan fingerprint density at radius 1 is 1.11 bits per heavy atom. The molecule has 2 aromatic carbocycles. The van der Waals surface area contributed by atoms with Crippen LogP contribution in [-0.4, -0.2) is 40.9 Å². The second-order valence-electron chi connectivity index (χ2n) is 9.25. The Hall–Kier alpha value is -4.17. The fourth-order valence-electron chi connectivity index (χ4n) is 4.59. The number of benzene rings is 2. The van der Waals surface area contributed by atoms with E-state index in [9.17, 15) is 4.79 Å². The number of fused-ring (bicyclic) bond motifs is 1. The minimum Gasteiger partial charge on any atom is -0.497 e. The summed E-state index contributed by atoms with van der Waals surface area (Å²) in [6.45, 7) is 4.16. The van der Waals surface area contributed by atoms with Crippen LogP contribution >= 0.6 is 0 Å². The lowest BCUT2D eigenvalue weighted by atomic mass is 10.0. The van der Waals surface area contributed by atoms with Crippen molar-refractivity contribution in [1.29, 1.82) is 0 Å². The normalized spacial score (nSPS) is 15.8. The summed E-state index contributed by atoms with van der Waals surface area (Å²) in [4.78, 5) is 19.9. The fourth-order valence-corrected chi connectivity index (χ4v) is 4.59. The van der Waals surface area contributed by atoms with Gasteiger partial charge in [0, 0.05) is 30.4 Å². The third-order valence-corrected chi connectivity index (χ3v) is 6.76. The maximum atomic E-state index is 13.7. The summed E-state index contributed by atoms with van der Waals surface area (Å²) in [5.74, 6) is 1.97. The highest BCUT2D eigenvalue weighted by Gasteiger charge is 2.27. The van der Waals surface area contributed by atoms with Crippen molar-refractivity contribution in [3.63, 3.8) is 0 Å². The summed E-state index contributed by atoms with van der Waals surface area (Å²) in [6.07, 6.45) is 7.87. The van der Waals surface area contributed by atoms with Gasteiger partial charge in [0.05, 0.1) is 44.2 Å². The number of amides is 1. The molecule has 0 unspecified atom stereocenters. The summed E-state index contributed by atoms with van der Waals surface area (Å²) in [5.41, 5.74) is 5.62. The van der Waals surface area contributed by atoms with Crippen molar-refractivity contribution in [2.24, 2.45) is 0 Å². The molecule has 8 heteroatoms. The van der Waals surface area contributed by atoms with Crippen LogP contribution in [-0.2, 0) is 11.3 Å². The Labute approximate surface area is 209 Å². The molecule has 36 heavy (non-hydrogen) atoms. The van der Waals surface area contributed by atoms with Crippen LogP contribution in [0, 0.1) is 6.92 Å². The maximum absolute atomic E-state index is 13.7. The first-order valence-corrected chi connectivity index (χ1v) is 12.0. The van der Waals surface area contributed by atoms with Gasteiger partial charge in [-0.2, -0.15) is 5.10 Å². The highest BCUT2D eigenvalue weighted by molar-refractivity contribution is 6.06. The van der Waals surface area contributed by atoms with Gasteiger partial charge in [-0.25, -0.2) is 4.98 Å². The molecule has 0 spiro atoms. The zero-order valence-electron chi connectivity index (χ0n) is 20.3. The van der Waals surface area contributed by atoms with E-state index in [1.54, 1.807) is 13.3 Å². The lowest BCUT2D eigenvalue weighted by Crippen LogP contribution is -2.43. The summed E-state index contributed by atoms with van der Waals surface area (Å²) >= 11 is 0. The molecule has 2 aliphatic heterocycles. The predicted molar refractivity (Wildman–Crippen MR) is 137 cm³/mol. The summed E-state index contributed by atoms with van der Waals surface area (Å²) < 4.78 is 13.1. The van der Waals surface area contributed by atoms with Crippen molar-refractivity contribution in [3.05, 3.63) is 83.8 Å². The van der Waals surface area contributed by atoms with E-state index in [-0.39, 0.29) is 12.3 Å². The van der Waals surface area contributed by atoms with Gasteiger partial charge in [0.15, 0.2) is 0 Å². The van der Waals surface area contributed by atoms with Gasteiger partial charge < -0.3 is 19.4 Å². The van der Waals surface area contributed by atoms with Crippen LogP contribution in [0.4, 0.5) is 5.69 Å². The minimum atomic E-state index is -0.0138. The van der Waals surface area contributed by atoms with E-state index in [0.29, 0.717) is 24.2 Å². The first kappa shape index (κ1) is 22.3. The van der Waals surface area contributed by atoms with Gasteiger partial charge in [-0.3, -0.25) is 9.48 Å². The Bertz CT molecular complexity index is 1450. The van der Waals surface area contributed by atoms with Crippen molar-refractivity contribution in [1.82, 2.24) is 20.1 Å². The van der Waals surface area contributed by atoms with Gasteiger partial charge in [-0.1, -0.05) is 24.3 Å². The van der Waals surface area contributed by atoms with Crippen molar-refractivity contribution in [2.45, 2.75) is 25.9 Å². The highest BCUT2D eigenvalue weighted by Crippen LogP contribution is 2.36. The van der Waals surface area contributed by atoms with Gasteiger partial charge in [-0.15, -0.1) is 0 Å². The number of carbonyl (C=O) groups is 1. The van der Waals surface area contributed by atoms with E-state index in [1.165, 1.54) is 0 Å². The van der Waals surface area contributed by atoms with Crippen molar-refractivity contribution in [3.8, 4) is 16.9 Å². The molecule has 1 saturated heterocycles. The largest absolute Gasteiger partial charge is 0.497 e. The molecule has 2 aliphatic rings. The number of anilines is 1. The number of rotatable bonds is 6. The molecule has 1 fully saturated rings. The smallest absolute Gasteiger partial charge is 0.231 e. The molecule has 0 bridgehead atoms. The number of hydrogen-bond acceptors (Lipinski definition) is 6. The minimum absolute atomic E-state index is 0.0138. The molecule has 0 atom stereocenters. The third kappa shape index (κ3) is 4.20. The number of aryl methyl sites for hydroxylation is 1. The zero-order valence-corrected chi connectivity index (χ0v) is 20.3. The number of carbonyl (C=O) groups excluding carboxylic acids is 1. The summed E-state index contributed by atoms with van der Waals surface area (Å²) in [6, 6.07) is 14.4. The monoisotopic (exact) mass is 481 g/mol. The molecule has 0 saturated carbocycles. The molecular weight excluding hydrogens is 454 g/mol. The molecule has 4 aromatic rings. The number of methoxy groups -OCH3 is 1. The quantitative estimate of drug-likeness (QED) is 0.437. The number of hydrogen-bond donors (Lipinski definition) is 1. The van der Waals surface area contributed by atoms with Crippen LogP contribution in [0.15, 0.2) is 65.5 Å². The number of aromatic nitrogens is 3. The second kappa shape index (κ2) is 9.13. The molecule has 0 radical (unpaired) electrons. The molecule has 0 aliphatic carbocycles. The third-order valence-electron chi connectivity index (χ3n) is 6.76. The van der Waals surface area contributed by atoms with Crippen LogP contribution in [0.2, 0.25) is 0 Å². The molecule has 1 amide bonds. The number of nitrogens with one attached hydrogen (secondary N) is 1. The average Bonchev–Trinajstić information content (AvgIpc) is 3.48. The summed E-state index contributed by atoms with van der Waals surface area (Å²) in [7, 11) is 1.65. The Morgan fingerprint density at radius 2 is 1.94 bits per heavy atom. The Balaban J connectivity index is 1.40. The van der Waals surface area contributed by atoms with Gasteiger partial charge in [0.25, 0.3) is 0 Å². The average molecular weight is 482 g/mol. The van der Waals surface area contributed by atoms with Crippen molar-refractivity contribution in [2.75, 3.05) is 25.1 Å². The molecule has 8 nitrogen and oxygen atoms in total. The van der Waals surface area contributed by atoms with E-state index < -0.39 is 0 Å². The predicted octanol–water partition coefficient (Wildman–Crippen LogP) is 4.48. The highest BCUT2D eigenvalue weighted by atomic mass is 16.5. The maximum Gasteiger partial charge on any atom is 0.231 e. The van der Waals surface area contributed by atoms with Gasteiger partial charge in [-0.05, 0) is 47.9 Å². The second-order valence-corrected chi connectivity index (χ2v) is 9.25. The first-order valence-electron chi connectivity index (χ1n) is 12.0. The van der Waals surface area contributed by atoms with Crippen molar-refractivity contribution >= 4 is 23.2 Å². The number of nitrogens with zero attached hydrogens (tertiary/aromatic N) is 4. The van der Waals surface area contributed by atoms with Crippen LogP contribution in [0.1, 0.15) is 35.2 Å². The Morgan fingerprint density at radius 3 is 2.64 bits per heavy atom. The Kier molecular flexibility index (Phi) is 5.65. The number of oxazole rings is 1. The summed E-state index contributed by atoms with van der Waals surface area (Å²) in [5, 5.41) is 7.85. The van der Waals surface area contributed by atoms with Crippen molar-refractivity contribution < 1.29 is 13.9 Å². The number of ether oxygens (including phenoxy) is 1. The zero-order chi connectivity index (χ0) is 24.6. The molecule has 6 rings (SSSR count). The molecule has 182 valence electrons. The van der Waals surface area contributed by atoms with Gasteiger partial charge in [0.1, 0.15) is 11.5 Å². The van der Waals surface area contributed by atoms with Crippen LogP contribution in [0.3, 0.4) is 0 Å². The molecule has 2 aromatic heterocycles. The van der Waals surface area contributed by atoms with E-state index in [1.807, 2.05) is 53.0 Å². The SMILES string of the molecule is COc1ccc(CN2C(=O)CC(c3ncc(C)o3)=Cc3ccc(-c4cnn(C5CNC5)c4)cc32)cc1. The van der Waals surface area contributed by atoms with Crippen LogP contribution < -0.4 is 15.0 Å².